The van der Waals surface area contributed by atoms with Gasteiger partial charge in [0.05, 0.1) is 23.8 Å². The summed E-state index contributed by atoms with van der Waals surface area (Å²) >= 11 is 0. The Bertz CT molecular complexity index is 616. The van der Waals surface area contributed by atoms with Gasteiger partial charge in [0, 0.05) is 6.42 Å². The van der Waals surface area contributed by atoms with Gasteiger partial charge in [-0.1, -0.05) is 6.07 Å². The van der Waals surface area contributed by atoms with Crippen LogP contribution < -0.4 is 5.32 Å². The Labute approximate surface area is 125 Å². The number of hydrogen-bond acceptors (Lipinski definition) is 4. The van der Waals surface area contributed by atoms with Crippen molar-refractivity contribution in [2.75, 3.05) is 11.9 Å². The fraction of sp³-hybridized carbons (Fsp3) is 0.400. The molecule has 1 aliphatic rings. The van der Waals surface area contributed by atoms with Crippen LogP contribution in [-0.4, -0.2) is 30.7 Å². The van der Waals surface area contributed by atoms with Gasteiger partial charge in [0.15, 0.2) is 0 Å². The summed E-state index contributed by atoms with van der Waals surface area (Å²) in [5.41, 5.74) is 0.895. The number of fused-ring (bicyclic) bond motifs is 1. The van der Waals surface area contributed by atoms with Crippen molar-refractivity contribution >= 4 is 23.3 Å². The van der Waals surface area contributed by atoms with E-state index in [1.54, 1.807) is 6.92 Å². The van der Waals surface area contributed by atoms with E-state index in [2.05, 4.69) is 5.32 Å². The summed E-state index contributed by atoms with van der Waals surface area (Å²) in [5, 5.41) is 2.39. The Balaban J connectivity index is 2.30. The van der Waals surface area contributed by atoms with E-state index in [9.17, 15) is 23.2 Å². The first-order chi connectivity index (χ1) is 10.4. The highest BCUT2D eigenvalue weighted by atomic mass is 19.3. The van der Waals surface area contributed by atoms with E-state index in [1.165, 1.54) is 18.2 Å². The second-order valence-corrected chi connectivity index (χ2v) is 4.86. The number of carbonyl (C=O) groups is 3. The normalized spacial score (nSPS) is 14.7. The highest BCUT2D eigenvalue weighted by molar-refractivity contribution is 6.51. The molecule has 1 atom stereocenters. The predicted molar refractivity (Wildman–Crippen MR) is 74.0 cm³/mol. The van der Waals surface area contributed by atoms with Crippen LogP contribution in [0.3, 0.4) is 0 Å². The van der Waals surface area contributed by atoms with Crippen LogP contribution in [0.5, 0.6) is 0 Å². The third-order valence-corrected chi connectivity index (χ3v) is 3.39. The minimum atomic E-state index is -2.53. The van der Waals surface area contributed by atoms with Gasteiger partial charge < -0.3 is 10.1 Å². The van der Waals surface area contributed by atoms with E-state index in [-0.39, 0.29) is 18.6 Å². The van der Waals surface area contributed by atoms with Crippen molar-refractivity contribution in [1.82, 2.24) is 0 Å². The lowest BCUT2D eigenvalue weighted by Crippen LogP contribution is -2.17. The summed E-state index contributed by atoms with van der Waals surface area (Å²) in [6.45, 7) is 1.75. The molecule has 5 nitrogen and oxygen atoms in total. The molecule has 0 fully saturated rings. The largest absolute Gasteiger partial charge is 0.466 e. The molecule has 1 aliphatic heterocycles. The number of halogens is 2. The Hall–Kier alpha value is -2.31. The number of ether oxygens (including phenoxy) is 1. The van der Waals surface area contributed by atoms with Crippen LogP contribution in [0.1, 0.15) is 41.6 Å². The van der Waals surface area contributed by atoms with Gasteiger partial charge >= 0.3 is 5.97 Å². The third kappa shape index (κ3) is 3.29. The van der Waals surface area contributed by atoms with Gasteiger partial charge in [-0.3, -0.25) is 14.4 Å². The van der Waals surface area contributed by atoms with Crippen molar-refractivity contribution in [2.45, 2.75) is 32.1 Å². The lowest BCUT2D eigenvalue weighted by molar-refractivity contribution is -0.145. The number of ketones is 1. The Morgan fingerprint density at radius 2 is 2.00 bits per heavy atom. The van der Waals surface area contributed by atoms with Crippen LogP contribution in [0.15, 0.2) is 18.2 Å². The van der Waals surface area contributed by atoms with E-state index < -0.39 is 36.4 Å². The zero-order valence-electron chi connectivity index (χ0n) is 11.9. The molecule has 2 rings (SSSR count). The minimum absolute atomic E-state index is 0.0924. The highest BCUT2D eigenvalue weighted by Crippen LogP contribution is 2.30. The highest BCUT2D eigenvalue weighted by Gasteiger charge is 2.30. The number of Topliss-reactive ketones (excluding diaryl/α,β-unsaturated/α-hetero) is 1. The summed E-state index contributed by atoms with van der Waals surface area (Å²) in [6.07, 6.45) is -3.08. The monoisotopic (exact) mass is 311 g/mol. The molecule has 0 saturated heterocycles. The van der Waals surface area contributed by atoms with Crippen molar-refractivity contribution in [3.05, 3.63) is 29.3 Å². The predicted octanol–water partition coefficient (Wildman–Crippen LogP) is 2.51. The van der Waals surface area contributed by atoms with E-state index >= 15 is 0 Å². The molecule has 0 saturated carbocycles. The van der Waals surface area contributed by atoms with E-state index in [0.29, 0.717) is 11.3 Å². The van der Waals surface area contributed by atoms with Gasteiger partial charge in [0.25, 0.3) is 11.7 Å². The van der Waals surface area contributed by atoms with Crippen molar-refractivity contribution in [2.24, 2.45) is 0 Å². The molecule has 118 valence electrons. The summed E-state index contributed by atoms with van der Waals surface area (Å²) in [4.78, 5) is 35.0. The van der Waals surface area contributed by atoms with Crippen LogP contribution in [-0.2, 0) is 14.3 Å². The average Bonchev–Trinajstić information content (AvgIpc) is 2.74. The number of hydrogen-bond donors (Lipinski definition) is 1. The first-order valence-electron chi connectivity index (χ1n) is 6.88. The number of amides is 1. The number of benzene rings is 1. The molecule has 1 N–H and O–H groups in total. The summed E-state index contributed by atoms with van der Waals surface area (Å²) in [5.74, 6) is -2.95. The lowest BCUT2D eigenvalue weighted by Gasteiger charge is -2.16. The number of anilines is 1. The molecule has 7 heteroatoms. The minimum Gasteiger partial charge on any atom is -0.466 e. The maximum absolute atomic E-state index is 12.4. The molecular weight excluding hydrogens is 296 g/mol. The quantitative estimate of drug-likeness (QED) is 0.647. The molecule has 1 amide bonds. The molecule has 0 aliphatic carbocycles. The zero-order valence-corrected chi connectivity index (χ0v) is 11.9. The molecule has 1 aromatic rings. The van der Waals surface area contributed by atoms with Gasteiger partial charge in [-0.25, -0.2) is 8.78 Å². The van der Waals surface area contributed by atoms with Gasteiger partial charge in [0.2, 0.25) is 6.43 Å². The smallest absolute Gasteiger partial charge is 0.313 e. The Kier molecular flexibility index (Phi) is 4.85. The second kappa shape index (κ2) is 6.64. The van der Waals surface area contributed by atoms with Gasteiger partial charge in [-0.15, -0.1) is 0 Å². The zero-order chi connectivity index (χ0) is 16.3. The summed E-state index contributed by atoms with van der Waals surface area (Å²) in [6, 6.07) is 4.41. The van der Waals surface area contributed by atoms with Crippen LogP contribution in [0.4, 0.5) is 14.5 Å². The van der Waals surface area contributed by atoms with Crippen LogP contribution in [0.25, 0.3) is 0 Å². The van der Waals surface area contributed by atoms with Crippen molar-refractivity contribution < 1.29 is 27.9 Å². The molecule has 1 aromatic carbocycles. The maximum Gasteiger partial charge on any atom is 0.313 e. The van der Waals surface area contributed by atoms with Gasteiger partial charge in [-0.05, 0) is 31.0 Å². The summed E-state index contributed by atoms with van der Waals surface area (Å²) < 4.78 is 29.8. The van der Waals surface area contributed by atoms with Gasteiger partial charge in [0.1, 0.15) is 0 Å². The van der Waals surface area contributed by atoms with Gasteiger partial charge in [-0.2, -0.15) is 0 Å². The molecule has 0 radical (unpaired) electrons. The molecule has 1 unspecified atom stereocenters. The molecule has 0 aromatic heterocycles. The van der Waals surface area contributed by atoms with Crippen molar-refractivity contribution in [1.29, 1.82) is 0 Å². The average molecular weight is 311 g/mol. The van der Waals surface area contributed by atoms with Crippen LogP contribution >= 0.6 is 0 Å². The second-order valence-electron chi connectivity index (χ2n) is 4.86. The SMILES string of the molecule is CCOC(=O)C(CCC(F)F)c1ccc2c(c1)C(=O)C(=O)N2. The maximum atomic E-state index is 12.4. The van der Waals surface area contributed by atoms with Crippen molar-refractivity contribution in [3.8, 4) is 0 Å². The fourth-order valence-corrected chi connectivity index (χ4v) is 2.33. The number of alkyl halides is 2. The lowest BCUT2D eigenvalue weighted by atomic mass is 9.92. The molecule has 0 bridgehead atoms. The fourth-order valence-electron chi connectivity index (χ4n) is 2.33. The molecule has 0 spiro atoms. The van der Waals surface area contributed by atoms with E-state index in [0.717, 1.165) is 0 Å². The molecular formula is C15H15F2NO4. The Morgan fingerprint density at radius 1 is 1.27 bits per heavy atom. The van der Waals surface area contributed by atoms with Crippen molar-refractivity contribution in [3.63, 3.8) is 0 Å². The van der Waals surface area contributed by atoms with E-state index in [4.69, 9.17) is 4.74 Å². The molecule has 22 heavy (non-hydrogen) atoms. The Morgan fingerprint density at radius 3 is 2.64 bits per heavy atom. The first-order valence-corrected chi connectivity index (χ1v) is 6.88. The van der Waals surface area contributed by atoms with Crippen LogP contribution in [0.2, 0.25) is 0 Å². The third-order valence-electron chi connectivity index (χ3n) is 3.39. The standard InChI is InChI=1S/C15H15F2NO4/c1-2-22-15(21)9(4-6-12(16)17)8-3-5-11-10(7-8)13(19)14(20)18-11/h3,5,7,9,12H,2,4,6H2,1H3,(H,18,19,20). The number of esters is 1. The number of nitrogens with one attached hydrogen (secondary N) is 1. The number of rotatable bonds is 6. The number of carbonyl (C=O) groups excluding carboxylic acids is 3. The van der Waals surface area contributed by atoms with Crippen LogP contribution in [0, 0.1) is 0 Å². The topological polar surface area (TPSA) is 72.5 Å². The van der Waals surface area contributed by atoms with E-state index in [1.807, 2.05) is 0 Å². The molecule has 1 heterocycles. The summed E-state index contributed by atoms with van der Waals surface area (Å²) in [7, 11) is 0. The first kappa shape index (κ1) is 16.1.